The molecule has 3 nitrogen and oxygen atoms in total. The van der Waals surface area contributed by atoms with E-state index >= 15 is 0 Å². The Morgan fingerprint density at radius 1 is 1.35 bits per heavy atom. The number of methoxy groups -OCH3 is 1. The van der Waals surface area contributed by atoms with Gasteiger partial charge in [-0.3, -0.25) is 0 Å². The van der Waals surface area contributed by atoms with Gasteiger partial charge in [-0.25, -0.2) is 4.98 Å². The average Bonchev–Trinajstić information content (AvgIpc) is 3.09. The maximum atomic E-state index is 6.14. The lowest BCUT2D eigenvalue weighted by Crippen LogP contribution is -1.92. The molecule has 1 fully saturated rings. The number of aromatic nitrogens is 1. The average molecular weight is 306 g/mol. The lowest BCUT2D eigenvalue weighted by Gasteiger charge is -2.04. The first-order valence-electron chi connectivity index (χ1n) is 6.83. The maximum absolute atomic E-state index is 6.14. The molecule has 1 aromatic heterocycles. The van der Waals surface area contributed by atoms with Crippen molar-refractivity contribution in [1.29, 1.82) is 0 Å². The molecule has 0 unspecified atom stereocenters. The van der Waals surface area contributed by atoms with E-state index in [2.05, 4.69) is 0 Å². The van der Waals surface area contributed by atoms with Crippen molar-refractivity contribution in [1.82, 2.24) is 4.98 Å². The third-order valence-corrected chi connectivity index (χ3v) is 5.86. The van der Waals surface area contributed by atoms with E-state index in [9.17, 15) is 0 Å². The minimum atomic E-state index is 0.721. The molecule has 1 heterocycles. The van der Waals surface area contributed by atoms with Gasteiger partial charge in [0.2, 0.25) is 0 Å². The summed E-state index contributed by atoms with van der Waals surface area (Å²) in [6.45, 7) is 0. The molecule has 1 aliphatic rings. The fourth-order valence-electron chi connectivity index (χ4n) is 2.49. The summed E-state index contributed by atoms with van der Waals surface area (Å²) in [5.74, 6) is 0.833. The monoisotopic (exact) mass is 306 g/mol. The van der Waals surface area contributed by atoms with E-state index in [4.69, 9.17) is 15.5 Å². The number of benzene rings is 1. The molecule has 0 bridgehead atoms. The van der Waals surface area contributed by atoms with Crippen LogP contribution < -0.4 is 10.5 Å². The normalized spacial score (nSPS) is 15.7. The number of hydrogen-bond acceptors (Lipinski definition) is 5. The van der Waals surface area contributed by atoms with Crippen LogP contribution in [0.2, 0.25) is 0 Å². The van der Waals surface area contributed by atoms with Crippen LogP contribution in [0.5, 0.6) is 5.75 Å². The summed E-state index contributed by atoms with van der Waals surface area (Å²) in [6.07, 6.45) is 5.31. The molecule has 0 amide bonds. The number of hydrogen-bond donors (Lipinski definition) is 1. The van der Waals surface area contributed by atoms with Crippen molar-refractivity contribution >= 4 is 28.1 Å². The molecule has 1 saturated carbocycles. The Morgan fingerprint density at radius 2 is 2.15 bits per heavy atom. The highest BCUT2D eigenvalue weighted by atomic mass is 32.2. The SMILES string of the molecule is COc1cccc(-c2nc(SC3CCCC3)sc2N)c1. The molecule has 0 aliphatic heterocycles. The van der Waals surface area contributed by atoms with E-state index in [0.29, 0.717) is 0 Å². The standard InChI is InChI=1S/C15H18N2OS2/c1-18-11-6-4-5-10(9-11)13-14(16)20-15(17-13)19-12-7-2-3-8-12/h4-6,9,12H,2-3,7-8,16H2,1H3. The number of anilines is 1. The number of ether oxygens (including phenoxy) is 1. The van der Waals surface area contributed by atoms with E-state index in [0.717, 1.165) is 31.6 Å². The number of thioether (sulfide) groups is 1. The molecule has 3 rings (SSSR count). The van der Waals surface area contributed by atoms with Gasteiger partial charge >= 0.3 is 0 Å². The predicted octanol–water partition coefficient (Wildman–Crippen LogP) is 4.44. The zero-order chi connectivity index (χ0) is 13.9. The Kier molecular flexibility index (Phi) is 4.17. The quantitative estimate of drug-likeness (QED) is 0.907. The van der Waals surface area contributed by atoms with Gasteiger partial charge in [-0.15, -0.1) is 0 Å². The first-order valence-corrected chi connectivity index (χ1v) is 8.53. The summed E-state index contributed by atoms with van der Waals surface area (Å²) in [5.41, 5.74) is 8.05. The summed E-state index contributed by atoms with van der Waals surface area (Å²) in [6, 6.07) is 7.91. The first kappa shape index (κ1) is 13.8. The fraction of sp³-hybridized carbons (Fsp3) is 0.400. The highest BCUT2D eigenvalue weighted by molar-refractivity contribution is 8.01. The molecule has 1 aromatic carbocycles. The summed E-state index contributed by atoms with van der Waals surface area (Å²) in [7, 11) is 1.67. The van der Waals surface area contributed by atoms with Gasteiger partial charge in [0.25, 0.3) is 0 Å². The van der Waals surface area contributed by atoms with Crippen molar-refractivity contribution < 1.29 is 4.74 Å². The van der Waals surface area contributed by atoms with Crippen LogP contribution >= 0.6 is 23.1 Å². The van der Waals surface area contributed by atoms with E-state index < -0.39 is 0 Å². The van der Waals surface area contributed by atoms with Crippen LogP contribution in [0.1, 0.15) is 25.7 Å². The van der Waals surface area contributed by atoms with E-state index in [-0.39, 0.29) is 0 Å². The highest BCUT2D eigenvalue weighted by Gasteiger charge is 2.19. The van der Waals surface area contributed by atoms with Crippen molar-refractivity contribution in [2.24, 2.45) is 0 Å². The van der Waals surface area contributed by atoms with Crippen LogP contribution in [0.4, 0.5) is 5.00 Å². The van der Waals surface area contributed by atoms with Crippen molar-refractivity contribution in [3.05, 3.63) is 24.3 Å². The number of nitrogens with zero attached hydrogens (tertiary/aromatic N) is 1. The lowest BCUT2D eigenvalue weighted by atomic mass is 10.1. The summed E-state index contributed by atoms with van der Waals surface area (Å²) in [4.78, 5) is 4.72. The molecular formula is C15H18N2OS2. The fourth-order valence-corrected chi connectivity index (χ4v) is 4.94. The second kappa shape index (κ2) is 6.06. The maximum Gasteiger partial charge on any atom is 0.152 e. The molecule has 5 heteroatoms. The third kappa shape index (κ3) is 2.94. The second-order valence-electron chi connectivity index (χ2n) is 4.95. The van der Waals surface area contributed by atoms with Crippen LogP contribution in [0.15, 0.2) is 28.6 Å². The van der Waals surface area contributed by atoms with Crippen LogP contribution in [0.25, 0.3) is 11.3 Å². The molecular weight excluding hydrogens is 288 g/mol. The molecule has 2 N–H and O–H groups in total. The summed E-state index contributed by atoms with van der Waals surface area (Å²) in [5, 5.41) is 1.51. The van der Waals surface area contributed by atoms with Crippen LogP contribution in [-0.4, -0.2) is 17.3 Å². The zero-order valence-corrected chi connectivity index (χ0v) is 13.1. The van der Waals surface area contributed by atoms with Crippen LogP contribution in [0, 0.1) is 0 Å². The van der Waals surface area contributed by atoms with Crippen molar-refractivity contribution in [3.63, 3.8) is 0 Å². The van der Waals surface area contributed by atoms with Crippen LogP contribution in [-0.2, 0) is 0 Å². The minimum absolute atomic E-state index is 0.721. The topological polar surface area (TPSA) is 48.1 Å². The van der Waals surface area contributed by atoms with Crippen LogP contribution in [0.3, 0.4) is 0 Å². The van der Waals surface area contributed by atoms with E-state index in [1.165, 1.54) is 25.7 Å². The van der Waals surface area contributed by atoms with Crippen molar-refractivity contribution in [2.45, 2.75) is 35.3 Å². The molecule has 1 aliphatic carbocycles. The molecule has 20 heavy (non-hydrogen) atoms. The van der Waals surface area contributed by atoms with Crippen molar-refractivity contribution in [3.8, 4) is 17.0 Å². The van der Waals surface area contributed by atoms with Gasteiger partial charge in [-0.2, -0.15) is 0 Å². The van der Waals surface area contributed by atoms with Gasteiger partial charge in [-0.05, 0) is 25.0 Å². The molecule has 0 spiro atoms. The summed E-state index contributed by atoms with van der Waals surface area (Å²) < 4.78 is 6.35. The van der Waals surface area contributed by atoms with Gasteiger partial charge in [0, 0.05) is 10.8 Å². The number of thiazole rings is 1. The highest BCUT2D eigenvalue weighted by Crippen LogP contribution is 2.41. The Balaban J connectivity index is 1.83. The smallest absolute Gasteiger partial charge is 0.152 e. The molecule has 0 radical (unpaired) electrons. The Bertz CT molecular complexity index is 591. The first-order chi connectivity index (χ1) is 9.76. The van der Waals surface area contributed by atoms with Gasteiger partial charge in [0.15, 0.2) is 4.34 Å². The second-order valence-corrected chi connectivity index (χ2v) is 7.53. The Hall–Kier alpha value is -1.20. The minimum Gasteiger partial charge on any atom is -0.497 e. The van der Waals surface area contributed by atoms with Gasteiger partial charge < -0.3 is 10.5 Å². The molecule has 2 aromatic rings. The molecule has 0 saturated heterocycles. The lowest BCUT2D eigenvalue weighted by molar-refractivity contribution is 0.415. The number of nitrogen functional groups attached to an aromatic ring is 1. The van der Waals surface area contributed by atoms with E-state index in [1.54, 1.807) is 18.4 Å². The number of rotatable bonds is 4. The number of nitrogens with two attached hydrogens (primary N) is 1. The largest absolute Gasteiger partial charge is 0.497 e. The summed E-state index contributed by atoms with van der Waals surface area (Å²) >= 11 is 3.49. The van der Waals surface area contributed by atoms with Crippen molar-refractivity contribution in [2.75, 3.05) is 12.8 Å². The predicted molar refractivity (Wildman–Crippen MR) is 86.6 cm³/mol. The third-order valence-electron chi connectivity index (χ3n) is 3.55. The van der Waals surface area contributed by atoms with Gasteiger partial charge in [0.1, 0.15) is 16.4 Å². The Morgan fingerprint density at radius 3 is 2.90 bits per heavy atom. The molecule has 106 valence electrons. The molecule has 0 atom stereocenters. The van der Waals surface area contributed by atoms with Gasteiger partial charge in [0.05, 0.1) is 7.11 Å². The van der Waals surface area contributed by atoms with E-state index in [1.807, 2.05) is 36.0 Å². The van der Waals surface area contributed by atoms with Gasteiger partial charge in [-0.1, -0.05) is 48.1 Å². The zero-order valence-electron chi connectivity index (χ0n) is 11.5. The Labute approximate surface area is 127 Å².